The van der Waals surface area contributed by atoms with Crippen molar-refractivity contribution < 1.29 is 46.9 Å². The van der Waals surface area contributed by atoms with Crippen molar-refractivity contribution in [3.05, 3.63) is 30.0 Å². The van der Waals surface area contributed by atoms with Gasteiger partial charge in [-0.3, -0.25) is 9.59 Å². The first-order valence-electron chi connectivity index (χ1n) is 19.4. The van der Waals surface area contributed by atoms with Crippen LogP contribution in [-0.2, 0) is 28.5 Å². The minimum absolute atomic E-state index is 0.00455. The van der Waals surface area contributed by atoms with E-state index in [9.17, 15) is 23.6 Å². The normalized spacial score (nSPS) is 28.4. The Morgan fingerprint density at radius 3 is 2.40 bits per heavy atom. The molecule has 2 aromatic rings. The summed E-state index contributed by atoms with van der Waals surface area (Å²) in [7, 11) is 1.74. The van der Waals surface area contributed by atoms with Gasteiger partial charge in [-0.25, -0.2) is 14.0 Å². The molecule has 3 amide bonds. The number of hydrogen-bond donors (Lipinski definition) is 2. The van der Waals surface area contributed by atoms with Crippen molar-refractivity contribution in [3.8, 4) is 0 Å². The molecular weight excluding hydrogens is 685 g/mol. The van der Waals surface area contributed by atoms with E-state index in [0.29, 0.717) is 55.5 Å². The van der Waals surface area contributed by atoms with Gasteiger partial charge in [-0.05, 0) is 133 Å². The third-order valence-corrected chi connectivity index (χ3v) is 11.6. The number of methoxy groups -OCH3 is 1. The van der Waals surface area contributed by atoms with Gasteiger partial charge in [0.05, 0.1) is 18.2 Å². The van der Waals surface area contributed by atoms with E-state index >= 15 is 0 Å². The van der Waals surface area contributed by atoms with Crippen LogP contribution in [0.5, 0.6) is 0 Å². The predicted octanol–water partition coefficient (Wildman–Crippen LogP) is 6.80. The van der Waals surface area contributed by atoms with Crippen molar-refractivity contribution >= 4 is 40.5 Å². The molecule has 3 heterocycles. The van der Waals surface area contributed by atoms with E-state index in [2.05, 4.69) is 10.6 Å². The second-order valence-corrected chi connectivity index (χ2v) is 16.3. The molecule has 2 N–H and O–H groups in total. The number of carbonyl (C=O) groups is 4. The number of hydrogen-bond acceptors (Lipinski definition) is 9. The Kier molecular flexibility index (Phi) is 12.6. The van der Waals surface area contributed by atoms with Crippen LogP contribution in [0.1, 0.15) is 102 Å². The molecule has 1 aromatic heterocycles. The largest absolute Gasteiger partial charge is 0.457 e. The predicted molar refractivity (Wildman–Crippen MR) is 195 cm³/mol. The van der Waals surface area contributed by atoms with E-state index < -0.39 is 36.4 Å². The van der Waals surface area contributed by atoms with Crippen LogP contribution in [0.3, 0.4) is 0 Å². The Hall–Kier alpha value is -3.71. The molecular formula is C40H56FN3O9. The maximum absolute atomic E-state index is 14.3. The fourth-order valence-corrected chi connectivity index (χ4v) is 8.84. The zero-order chi connectivity index (χ0) is 37.7. The van der Waals surface area contributed by atoms with Gasteiger partial charge in [0.15, 0.2) is 0 Å². The number of nitrogens with zero attached hydrogens (tertiary/aromatic N) is 1. The summed E-state index contributed by atoms with van der Waals surface area (Å²) in [6, 6.07) is 5.50. The van der Waals surface area contributed by atoms with E-state index in [-0.39, 0.29) is 60.1 Å². The minimum Gasteiger partial charge on any atom is -0.457 e. The number of fused-ring (bicyclic) bond motifs is 1. The van der Waals surface area contributed by atoms with Crippen LogP contribution < -0.4 is 10.6 Å². The smallest absolute Gasteiger partial charge is 0.407 e. The maximum atomic E-state index is 14.3. The lowest BCUT2D eigenvalue weighted by atomic mass is 9.75. The van der Waals surface area contributed by atoms with Crippen molar-refractivity contribution in [3.63, 3.8) is 0 Å². The summed E-state index contributed by atoms with van der Waals surface area (Å²) in [5.74, 6) is -0.867. The first-order chi connectivity index (χ1) is 25.4. The molecule has 2 saturated heterocycles. The number of alkyl carbamates (subject to hydrolysis) is 1. The van der Waals surface area contributed by atoms with E-state index in [0.717, 1.165) is 44.9 Å². The van der Waals surface area contributed by atoms with Gasteiger partial charge in [-0.1, -0.05) is 0 Å². The van der Waals surface area contributed by atoms with Crippen LogP contribution in [0.25, 0.3) is 11.0 Å². The van der Waals surface area contributed by atoms with Crippen LogP contribution in [0.2, 0.25) is 0 Å². The van der Waals surface area contributed by atoms with E-state index in [1.807, 2.05) is 0 Å². The third kappa shape index (κ3) is 9.70. The number of alkyl halides is 1. The number of carbonyl (C=O) groups excluding carboxylic acids is 4. The molecule has 2 aliphatic heterocycles. The van der Waals surface area contributed by atoms with E-state index in [1.165, 1.54) is 0 Å². The lowest BCUT2D eigenvalue weighted by Crippen LogP contribution is -2.50. The first kappa shape index (κ1) is 39.0. The number of esters is 1. The molecule has 13 heteroatoms. The monoisotopic (exact) mass is 741 g/mol. The SMILES string of the molecule is COC1CCC([C@@H]2CCN(C(=O)[C@H]3CC[C@H]([C@@H](CF)NC(=O)OC(C)(C)C)CC3)[C@@H]2C(=O)Nc2ccc3oc(C(=O)OCC4CCCO4)cc3c2)CC1. The molecule has 0 spiro atoms. The number of likely N-dealkylation sites (tertiary alicyclic amines) is 1. The van der Waals surface area contributed by atoms with Gasteiger partial charge in [0, 0.05) is 37.3 Å². The fraction of sp³-hybridized carbons (Fsp3) is 0.700. The molecule has 2 aliphatic carbocycles. The number of nitrogens with one attached hydrogen (secondary N) is 2. The molecule has 0 radical (unpaired) electrons. The van der Waals surface area contributed by atoms with Gasteiger partial charge in [-0.2, -0.15) is 0 Å². The summed E-state index contributed by atoms with van der Waals surface area (Å²) in [4.78, 5) is 55.4. The molecule has 4 fully saturated rings. The zero-order valence-electron chi connectivity index (χ0n) is 31.5. The summed E-state index contributed by atoms with van der Waals surface area (Å²) >= 11 is 0. The van der Waals surface area contributed by atoms with Gasteiger partial charge >= 0.3 is 12.1 Å². The van der Waals surface area contributed by atoms with E-state index in [1.54, 1.807) is 57.0 Å². The van der Waals surface area contributed by atoms with Crippen molar-refractivity contribution in [1.82, 2.24) is 10.2 Å². The van der Waals surface area contributed by atoms with Crippen LogP contribution in [0, 0.1) is 23.7 Å². The Balaban J connectivity index is 1.12. The van der Waals surface area contributed by atoms with Gasteiger partial charge in [-0.15, -0.1) is 0 Å². The summed E-state index contributed by atoms with van der Waals surface area (Å²) in [5.41, 5.74) is 0.341. The van der Waals surface area contributed by atoms with E-state index in [4.69, 9.17) is 23.4 Å². The lowest BCUT2D eigenvalue weighted by molar-refractivity contribution is -0.142. The average Bonchev–Trinajstić information content (AvgIpc) is 3.92. The quantitative estimate of drug-likeness (QED) is 0.238. The molecule has 0 bridgehead atoms. The minimum atomic E-state index is -0.713. The molecule has 2 saturated carbocycles. The van der Waals surface area contributed by atoms with Gasteiger partial charge < -0.3 is 38.9 Å². The highest BCUT2D eigenvalue weighted by Gasteiger charge is 2.47. The van der Waals surface area contributed by atoms with Crippen LogP contribution in [0.15, 0.2) is 28.7 Å². The average molecular weight is 742 g/mol. The van der Waals surface area contributed by atoms with Gasteiger partial charge in [0.2, 0.25) is 17.6 Å². The Morgan fingerprint density at radius 1 is 0.981 bits per heavy atom. The molecule has 53 heavy (non-hydrogen) atoms. The van der Waals surface area contributed by atoms with Crippen LogP contribution in [0.4, 0.5) is 14.9 Å². The molecule has 292 valence electrons. The Labute approximate surface area is 311 Å². The molecule has 12 nitrogen and oxygen atoms in total. The second-order valence-electron chi connectivity index (χ2n) is 16.3. The number of ether oxygens (including phenoxy) is 4. The molecule has 6 rings (SSSR count). The van der Waals surface area contributed by atoms with Crippen LogP contribution >= 0.6 is 0 Å². The Bertz CT molecular complexity index is 1590. The summed E-state index contributed by atoms with van der Waals surface area (Å²) in [6.45, 7) is 5.91. The molecule has 1 aromatic carbocycles. The third-order valence-electron chi connectivity index (χ3n) is 11.6. The summed E-state index contributed by atoms with van der Waals surface area (Å²) in [6.07, 6.45) is 8.02. The number of anilines is 1. The number of rotatable bonds is 11. The van der Waals surface area contributed by atoms with Gasteiger partial charge in [0.25, 0.3) is 0 Å². The molecule has 1 unspecified atom stereocenters. The number of halogens is 1. The highest BCUT2D eigenvalue weighted by atomic mass is 19.1. The van der Waals surface area contributed by atoms with Crippen molar-refractivity contribution in [2.75, 3.05) is 38.9 Å². The number of furan rings is 1. The number of amides is 3. The van der Waals surface area contributed by atoms with Crippen molar-refractivity contribution in [1.29, 1.82) is 0 Å². The topological polar surface area (TPSA) is 146 Å². The highest BCUT2D eigenvalue weighted by Crippen LogP contribution is 2.42. The second kappa shape index (κ2) is 17.2. The molecule has 4 atom stereocenters. The van der Waals surface area contributed by atoms with Gasteiger partial charge in [0.1, 0.15) is 30.5 Å². The fourth-order valence-electron chi connectivity index (χ4n) is 8.84. The summed E-state index contributed by atoms with van der Waals surface area (Å²) in [5, 5.41) is 6.43. The highest BCUT2D eigenvalue weighted by molar-refractivity contribution is 6.00. The Morgan fingerprint density at radius 2 is 1.74 bits per heavy atom. The zero-order valence-corrected chi connectivity index (χ0v) is 31.5. The molecule has 4 aliphatic rings. The van der Waals surface area contributed by atoms with Crippen LogP contribution in [-0.4, -0.2) is 92.2 Å². The van der Waals surface area contributed by atoms with Crippen molar-refractivity contribution in [2.45, 2.75) is 121 Å². The number of benzene rings is 1. The lowest BCUT2D eigenvalue weighted by Gasteiger charge is -2.38. The standard InChI is InChI=1S/C40H56FN3O9/c1-40(2,3)53-39(48)43-32(22-41)25-7-9-26(10-8-25)37(46)44-18-17-31(24-11-14-29(49-4)15-12-24)35(44)36(45)42-28-13-16-33-27(20-28)21-34(52-33)38(47)51-23-30-6-5-19-50-30/h13,16,20-21,24-26,29-32,35H,5-12,14-15,17-19,22-23H2,1-4H3,(H,42,45)(H,43,48)/t24?,25-,26-,29?,30?,31-,32+,35-/m0/s1. The van der Waals surface area contributed by atoms with Crippen molar-refractivity contribution in [2.24, 2.45) is 23.7 Å². The maximum Gasteiger partial charge on any atom is 0.407 e. The summed E-state index contributed by atoms with van der Waals surface area (Å²) < 4.78 is 41.8. The first-order valence-corrected chi connectivity index (χ1v) is 19.4.